The van der Waals surface area contributed by atoms with Gasteiger partial charge in [0.2, 0.25) is 0 Å². The summed E-state index contributed by atoms with van der Waals surface area (Å²) in [4.78, 5) is 10.5. The van der Waals surface area contributed by atoms with E-state index < -0.39 is 0 Å². The van der Waals surface area contributed by atoms with Crippen molar-refractivity contribution in [2.45, 2.75) is 0 Å². The molecule has 1 aromatic heterocycles. The zero-order valence-electron chi connectivity index (χ0n) is 4.35. The number of aromatic nitrogens is 3. The molecule has 0 aliphatic rings. The Morgan fingerprint density at radius 3 is 2.67 bits per heavy atom. The zero-order valence-corrected chi connectivity index (χ0v) is 4.35. The van der Waals surface area contributed by atoms with Crippen LogP contribution in [0.1, 0.15) is 0 Å². The smallest absolute Gasteiger partial charge is 0.335 e. The van der Waals surface area contributed by atoms with Crippen molar-refractivity contribution in [1.82, 2.24) is 15.0 Å². The Bertz CT molecular complexity index is 216. The quantitative estimate of drug-likeness (QED) is 0.479. The van der Waals surface area contributed by atoms with Crippen molar-refractivity contribution in [1.29, 1.82) is 5.26 Å². The van der Waals surface area contributed by atoms with E-state index in [9.17, 15) is 0 Å². The summed E-state index contributed by atoms with van der Waals surface area (Å²) in [5.41, 5.74) is 0. The summed E-state index contributed by atoms with van der Waals surface area (Å²) in [6.07, 6.45) is 3.93. The monoisotopic (exact) mass is 122 g/mol. The minimum absolute atomic E-state index is 0.0208. The first-order valence-electron chi connectivity index (χ1n) is 2.11. The van der Waals surface area contributed by atoms with Gasteiger partial charge in [-0.1, -0.05) is 0 Å². The minimum Gasteiger partial charge on any atom is -0.348 e. The maximum absolute atomic E-state index is 7.95. The Labute approximate surface area is 51.0 Å². The Hall–Kier alpha value is -1.70. The van der Waals surface area contributed by atoms with Gasteiger partial charge in [0.1, 0.15) is 12.7 Å². The molecule has 0 unspecified atom stereocenters. The van der Waals surface area contributed by atoms with Crippen molar-refractivity contribution in [3.63, 3.8) is 0 Å². The first kappa shape index (κ1) is 5.44. The van der Waals surface area contributed by atoms with Crippen LogP contribution in [0.15, 0.2) is 12.7 Å². The molecule has 1 aromatic rings. The van der Waals surface area contributed by atoms with Gasteiger partial charge in [-0.2, -0.15) is 9.97 Å². The van der Waals surface area contributed by atoms with Crippen LogP contribution < -0.4 is 4.74 Å². The van der Waals surface area contributed by atoms with Gasteiger partial charge >= 0.3 is 6.01 Å². The van der Waals surface area contributed by atoms with Crippen LogP contribution in [-0.2, 0) is 0 Å². The summed E-state index contributed by atoms with van der Waals surface area (Å²) in [6.45, 7) is 0. The molecule has 1 rings (SSSR count). The fourth-order valence-electron chi connectivity index (χ4n) is 0.322. The molecule has 0 saturated carbocycles. The van der Waals surface area contributed by atoms with Crippen LogP contribution in [0.5, 0.6) is 6.01 Å². The number of hydrogen-bond donors (Lipinski definition) is 0. The van der Waals surface area contributed by atoms with Crippen molar-refractivity contribution in [2.24, 2.45) is 0 Å². The summed E-state index contributed by atoms with van der Waals surface area (Å²) < 4.78 is 4.25. The lowest BCUT2D eigenvalue weighted by molar-refractivity contribution is 0.460. The van der Waals surface area contributed by atoms with Gasteiger partial charge < -0.3 is 4.74 Å². The van der Waals surface area contributed by atoms with Crippen LogP contribution in [0.3, 0.4) is 0 Å². The van der Waals surface area contributed by atoms with Crippen molar-refractivity contribution in [3.05, 3.63) is 12.7 Å². The third-order valence-corrected chi connectivity index (χ3v) is 0.607. The van der Waals surface area contributed by atoms with Crippen LogP contribution >= 0.6 is 0 Å². The molecule has 0 N–H and O–H groups in total. The lowest BCUT2D eigenvalue weighted by atomic mass is 11.0. The highest BCUT2D eigenvalue weighted by Gasteiger charge is 1.89. The molecule has 9 heavy (non-hydrogen) atoms. The van der Waals surface area contributed by atoms with Crippen molar-refractivity contribution in [2.75, 3.05) is 0 Å². The van der Waals surface area contributed by atoms with E-state index in [-0.39, 0.29) is 6.01 Å². The SMILES string of the molecule is N#COc1ncncn1. The van der Waals surface area contributed by atoms with E-state index in [4.69, 9.17) is 5.26 Å². The first-order valence-corrected chi connectivity index (χ1v) is 2.11. The summed E-state index contributed by atoms with van der Waals surface area (Å²) in [5, 5.41) is 7.95. The van der Waals surface area contributed by atoms with Gasteiger partial charge in [0, 0.05) is 0 Å². The summed E-state index contributed by atoms with van der Waals surface area (Å²) in [6, 6.07) is 0.0208. The molecule has 0 amide bonds. The fraction of sp³-hybridized carbons (Fsp3) is 0. The highest BCUT2D eigenvalue weighted by Crippen LogP contribution is 1.92. The highest BCUT2D eigenvalue weighted by molar-refractivity contribution is 4.89. The van der Waals surface area contributed by atoms with Gasteiger partial charge in [-0.25, -0.2) is 4.98 Å². The highest BCUT2D eigenvalue weighted by atomic mass is 16.5. The van der Waals surface area contributed by atoms with Crippen LogP contribution in [0.4, 0.5) is 0 Å². The van der Waals surface area contributed by atoms with Gasteiger partial charge in [0.15, 0.2) is 0 Å². The number of hydrogen-bond acceptors (Lipinski definition) is 5. The normalized spacial score (nSPS) is 7.89. The van der Waals surface area contributed by atoms with Gasteiger partial charge in [0.05, 0.1) is 0 Å². The Morgan fingerprint density at radius 2 is 2.11 bits per heavy atom. The molecule has 0 spiro atoms. The zero-order chi connectivity index (χ0) is 6.53. The van der Waals surface area contributed by atoms with Crippen LogP contribution in [0.2, 0.25) is 0 Å². The molecule has 5 nitrogen and oxygen atoms in total. The summed E-state index contributed by atoms with van der Waals surface area (Å²) in [5.74, 6) is 0. The molecule has 0 bridgehead atoms. The van der Waals surface area contributed by atoms with Crippen LogP contribution in [0.25, 0.3) is 0 Å². The van der Waals surface area contributed by atoms with Crippen LogP contribution in [-0.4, -0.2) is 15.0 Å². The average molecular weight is 122 g/mol. The molecule has 0 aromatic carbocycles. The lowest BCUT2D eigenvalue weighted by Crippen LogP contribution is -1.89. The maximum Gasteiger partial charge on any atom is 0.335 e. The van der Waals surface area contributed by atoms with E-state index in [1.165, 1.54) is 18.9 Å². The molecule has 0 aliphatic heterocycles. The number of ether oxygens (including phenoxy) is 1. The lowest BCUT2D eigenvalue weighted by Gasteiger charge is -1.86. The number of nitrogens with zero attached hydrogens (tertiary/aromatic N) is 4. The topological polar surface area (TPSA) is 71.7 Å². The van der Waals surface area contributed by atoms with Gasteiger partial charge in [-0.15, -0.1) is 5.26 Å². The van der Waals surface area contributed by atoms with Gasteiger partial charge in [0.25, 0.3) is 6.26 Å². The molecule has 5 heteroatoms. The molecule has 0 saturated heterocycles. The minimum atomic E-state index is 0.0208. The largest absolute Gasteiger partial charge is 0.348 e. The average Bonchev–Trinajstić information content (AvgIpc) is 1.91. The third kappa shape index (κ3) is 1.35. The third-order valence-electron chi connectivity index (χ3n) is 0.607. The summed E-state index contributed by atoms with van der Waals surface area (Å²) >= 11 is 0. The Balaban J connectivity index is 2.76. The van der Waals surface area contributed by atoms with E-state index in [2.05, 4.69) is 19.7 Å². The molecule has 0 radical (unpaired) electrons. The second kappa shape index (κ2) is 2.57. The molecule has 1 heterocycles. The van der Waals surface area contributed by atoms with Crippen LogP contribution in [0, 0.1) is 11.5 Å². The molecular weight excluding hydrogens is 120 g/mol. The van der Waals surface area contributed by atoms with E-state index in [1.54, 1.807) is 0 Å². The van der Waals surface area contributed by atoms with Gasteiger partial charge in [-0.05, 0) is 0 Å². The van der Waals surface area contributed by atoms with Crippen molar-refractivity contribution in [3.8, 4) is 12.3 Å². The second-order valence-electron chi connectivity index (χ2n) is 1.11. The Kier molecular flexibility index (Phi) is 1.55. The second-order valence-corrected chi connectivity index (χ2v) is 1.11. The number of nitriles is 1. The van der Waals surface area contributed by atoms with E-state index >= 15 is 0 Å². The Morgan fingerprint density at radius 1 is 1.44 bits per heavy atom. The van der Waals surface area contributed by atoms with E-state index in [0.29, 0.717) is 0 Å². The van der Waals surface area contributed by atoms with E-state index in [1.807, 2.05) is 0 Å². The van der Waals surface area contributed by atoms with Crippen molar-refractivity contribution >= 4 is 0 Å². The molecule has 0 aliphatic carbocycles. The predicted octanol–water partition coefficient (Wildman–Crippen LogP) is -0.269. The maximum atomic E-state index is 7.95. The van der Waals surface area contributed by atoms with E-state index in [0.717, 1.165) is 0 Å². The molecule has 44 valence electrons. The fourth-order valence-corrected chi connectivity index (χ4v) is 0.322. The molecule has 0 fully saturated rings. The standard InChI is InChI=1S/C4H2N4O/c5-1-9-4-7-2-6-3-8-4/h2-3H. The predicted molar refractivity (Wildman–Crippen MR) is 26.1 cm³/mol. The number of rotatable bonds is 1. The molecule has 0 atom stereocenters. The first-order chi connectivity index (χ1) is 4.43. The molecular formula is C4H2N4O. The van der Waals surface area contributed by atoms with Gasteiger partial charge in [-0.3, -0.25) is 0 Å². The van der Waals surface area contributed by atoms with Crippen molar-refractivity contribution < 1.29 is 4.74 Å². The summed E-state index contributed by atoms with van der Waals surface area (Å²) in [7, 11) is 0.